The van der Waals surface area contributed by atoms with Crippen LogP contribution in [-0.4, -0.2) is 52.1 Å². The summed E-state index contributed by atoms with van der Waals surface area (Å²) in [5.41, 5.74) is 3.70. The van der Waals surface area contributed by atoms with Crippen molar-refractivity contribution in [1.29, 1.82) is 0 Å². The lowest BCUT2D eigenvalue weighted by Gasteiger charge is -2.35. The van der Waals surface area contributed by atoms with Crippen LogP contribution >= 0.6 is 11.8 Å². The first kappa shape index (κ1) is 26.1. The molecule has 10 nitrogen and oxygen atoms in total. The third-order valence-corrected chi connectivity index (χ3v) is 9.15. The standard InChI is InChI=1S/C31H27N5O5S/c1-3-24(37)35-13-10-19(16-35)33-29(38)28-26-25-22(9-12-32-30(25)42-28)36(31(39)34-26)21-8-7-20(15-17(21)2)41-23-6-4-5-18-11-14-40-27(18)23/h3-9,11-12,14-15,19,26,28H,1,10,13,16H2,2H3,(H,33,38)(H,34,39)/t19?,26?,28-/m1/s1. The van der Waals surface area contributed by atoms with Crippen LogP contribution in [0.4, 0.5) is 16.2 Å². The van der Waals surface area contributed by atoms with Gasteiger partial charge in [0.15, 0.2) is 11.3 Å². The number of hydrogen-bond donors (Lipinski definition) is 2. The number of carbonyl (C=O) groups excluding carboxylic acids is 3. The summed E-state index contributed by atoms with van der Waals surface area (Å²) >= 11 is 1.34. The first-order chi connectivity index (χ1) is 20.4. The van der Waals surface area contributed by atoms with Crippen molar-refractivity contribution in [1.82, 2.24) is 20.5 Å². The maximum atomic E-state index is 13.6. The maximum absolute atomic E-state index is 13.6. The highest BCUT2D eigenvalue weighted by Crippen LogP contribution is 2.51. The Balaban J connectivity index is 1.13. The van der Waals surface area contributed by atoms with Gasteiger partial charge in [0.05, 0.1) is 23.7 Å². The molecule has 3 aliphatic heterocycles. The molecule has 42 heavy (non-hydrogen) atoms. The minimum absolute atomic E-state index is 0.146. The van der Waals surface area contributed by atoms with Crippen molar-refractivity contribution in [2.45, 2.75) is 35.7 Å². The molecular weight excluding hydrogens is 554 g/mol. The summed E-state index contributed by atoms with van der Waals surface area (Å²) < 4.78 is 11.7. The van der Waals surface area contributed by atoms with Crippen molar-refractivity contribution in [2.24, 2.45) is 0 Å². The predicted octanol–water partition coefficient (Wildman–Crippen LogP) is 5.21. The van der Waals surface area contributed by atoms with Crippen molar-refractivity contribution in [3.05, 3.63) is 84.8 Å². The number of benzene rings is 2. The Morgan fingerprint density at radius 3 is 2.93 bits per heavy atom. The monoisotopic (exact) mass is 581 g/mol. The Bertz CT molecular complexity index is 1770. The number of likely N-dealkylation sites (tertiary alicyclic amines) is 1. The molecule has 5 heterocycles. The number of pyridine rings is 1. The summed E-state index contributed by atoms with van der Waals surface area (Å²) in [5.74, 6) is 0.884. The molecule has 0 saturated carbocycles. The topological polar surface area (TPSA) is 117 Å². The smallest absolute Gasteiger partial charge is 0.327 e. The normalized spacial score (nSPS) is 20.8. The molecule has 3 aliphatic rings. The number of hydrogen-bond acceptors (Lipinski definition) is 7. The van der Waals surface area contributed by atoms with E-state index in [1.165, 1.54) is 17.8 Å². The van der Waals surface area contributed by atoms with Crippen LogP contribution in [0.5, 0.6) is 11.5 Å². The molecule has 2 aromatic heterocycles. The van der Waals surface area contributed by atoms with E-state index >= 15 is 0 Å². The lowest BCUT2D eigenvalue weighted by atomic mass is 9.99. The van der Waals surface area contributed by atoms with Gasteiger partial charge in [0, 0.05) is 36.3 Å². The summed E-state index contributed by atoms with van der Waals surface area (Å²) in [6, 6.07) is 13.9. The number of aromatic nitrogens is 1. The van der Waals surface area contributed by atoms with E-state index in [-0.39, 0.29) is 23.9 Å². The Hall–Kier alpha value is -4.77. The molecule has 11 heteroatoms. The van der Waals surface area contributed by atoms with E-state index in [0.29, 0.717) is 53.0 Å². The quantitative estimate of drug-likeness (QED) is 0.300. The number of urea groups is 1. The summed E-state index contributed by atoms with van der Waals surface area (Å²) in [4.78, 5) is 46.8. The average Bonchev–Trinajstić information content (AvgIpc) is 3.74. The van der Waals surface area contributed by atoms with E-state index in [4.69, 9.17) is 9.15 Å². The van der Waals surface area contributed by atoms with E-state index in [1.54, 1.807) is 22.3 Å². The number of aryl methyl sites for hydroxylation is 1. The zero-order chi connectivity index (χ0) is 29.0. The van der Waals surface area contributed by atoms with E-state index < -0.39 is 11.3 Å². The highest BCUT2D eigenvalue weighted by Gasteiger charge is 2.47. The Morgan fingerprint density at radius 1 is 1.21 bits per heavy atom. The SMILES string of the molecule is C=CC(=O)N1CCC(NC(=O)[C@@H]2Sc3nccc4c3C2NC(=O)N4c2ccc(Oc3cccc4ccoc34)cc2C)C1. The van der Waals surface area contributed by atoms with Gasteiger partial charge >= 0.3 is 6.03 Å². The average molecular weight is 582 g/mol. The molecule has 2 N–H and O–H groups in total. The minimum atomic E-state index is -0.579. The zero-order valence-corrected chi connectivity index (χ0v) is 23.5. The summed E-state index contributed by atoms with van der Waals surface area (Å²) in [6.45, 7) is 6.46. The van der Waals surface area contributed by atoms with Gasteiger partial charge in [-0.15, -0.1) is 0 Å². The third kappa shape index (κ3) is 4.37. The summed E-state index contributed by atoms with van der Waals surface area (Å²) in [7, 11) is 0. The minimum Gasteiger partial charge on any atom is -0.460 e. The van der Waals surface area contributed by atoms with Crippen molar-refractivity contribution in [2.75, 3.05) is 18.0 Å². The van der Waals surface area contributed by atoms with Gasteiger partial charge in [-0.3, -0.25) is 14.5 Å². The lowest BCUT2D eigenvalue weighted by Crippen LogP contribution is -2.50. The van der Waals surface area contributed by atoms with Crippen LogP contribution in [0.1, 0.15) is 23.6 Å². The van der Waals surface area contributed by atoms with Gasteiger partial charge in [-0.2, -0.15) is 0 Å². The fraction of sp³-hybridized carbons (Fsp3) is 0.226. The van der Waals surface area contributed by atoms with Gasteiger partial charge in [-0.05, 0) is 61.4 Å². The molecule has 7 rings (SSSR count). The van der Waals surface area contributed by atoms with Crippen LogP contribution in [0, 0.1) is 6.92 Å². The largest absolute Gasteiger partial charge is 0.460 e. The number of nitrogens with one attached hydrogen (secondary N) is 2. The molecule has 0 spiro atoms. The Kier molecular flexibility index (Phi) is 6.38. The molecule has 2 aromatic carbocycles. The molecule has 0 radical (unpaired) electrons. The van der Waals surface area contributed by atoms with E-state index in [1.807, 2.05) is 55.5 Å². The molecule has 212 valence electrons. The Morgan fingerprint density at radius 2 is 2.10 bits per heavy atom. The second kappa shape index (κ2) is 10.3. The van der Waals surface area contributed by atoms with Gasteiger partial charge in [-0.25, -0.2) is 9.78 Å². The fourth-order valence-electron chi connectivity index (χ4n) is 5.87. The van der Waals surface area contributed by atoms with E-state index in [9.17, 15) is 14.4 Å². The number of para-hydroxylation sites is 1. The van der Waals surface area contributed by atoms with E-state index in [0.717, 1.165) is 16.5 Å². The molecule has 1 fully saturated rings. The van der Waals surface area contributed by atoms with Crippen molar-refractivity contribution < 1.29 is 23.5 Å². The first-order valence-corrected chi connectivity index (χ1v) is 14.5. The van der Waals surface area contributed by atoms with Crippen LogP contribution in [0.3, 0.4) is 0 Å². The highest BCUT2D eigenvalue weighted by atomic mass is 32.2. The predicted molar refractivity (Wildman–Crippen MR) is 158 cm³/mol. The molecule has 4 amide bonds. The first-order valence-electron chi connectivity index (χ1n) is 13.6. The van der Waals surface area contributed by atoms with Gasteiger partial charge < -0.3 is 24.7 Å². The van der Waals surface area contributed by atoms with Gasteiger partial charge in [0.1, 0.15) is 16.0 Å². The van der Waals surface area contributed by atoms with Crippen LogP contribution in [0.25, 0.3) is 11.0 Å². The molecule has 3 atom stereocenters. The van der Waals surface area contributed by atoms with Gasteiger partial charge in [-0.1, -0.05) is 30.5 Å². The fourth-order valence-corrected chi connectivity index (χ4v) is 7.11. The number of amides is 4. The number of furan rings is 1. The molecule has 0 aliphatic carbocycles. The second-order valence-corrected chi connectivity index (χ2v) is 11.6. The summed E-state index contributed by atoms with van der Waals surface area (Å²) in [6.07, 6.45) is 5.24. The Labute approximate surface area is 245 Å². The molecule has 1 saturated heterocycles. The van der Waals surface area contributed by atoms with E-state index in [2.05, 4.69) is 22.2 Å². The van der Waals surface area contributed by atoms with Crippen LogP contribution in [-0.2, 0) is 9.59 Å². The van der Waals surface area contributed by atoms with Crippen LogP contribution < -0.4 is 20.3 Å². The highest BCUT2D eigenvalue weighted by molar-refractivity contribution is 8.01. The van der Waals surface area contributed by atoms with Gasteiger partial charge in [0.2, 0.25) is 11.8 Å². The number of rotatable bonds is 6. The maximum Gasteiger partial charge on any atom is 0.327 e. The number of anilines is 2. The molecule has 4 aromatic rings. The van der Waals surface area contributed by atoms with Crippen LogP contribution in [0.15, 0.2) is 83.1 Å². The second-order valence-electron chi connectivity index (χ2n) is 10.5. The number of ether oxygens (including phenoxy) is 1. The van der Waals surface area contributed by atoms with Crippen molar-refractivity contribution >= 4 is 52.0 Å². The number of nitrogens with zero attached hydrogens (tertiary/aromatic N) is 3. The van der Waals surface area contributed by atoms with Crippen molar-refractivity contribution in [3.63, 3.8) is 0 Å². The van der Waals surface area contributed by atoms with Crippen molar-refractivity contribution in [3.8, 4) is 11.5 Å². The number of fused-ring (bicyclic) bond motifs is 1. The van der Waals surface area contributed by atoms with Crippen LogP contribution in [0.2, 0.25) is 0 Å². The molecule has 2 unspecified atom stereocenters. The zero-order valence-electron chi connectivity index (χ0n) is 22.7. The number of carbonyl (C=O) groups is 3. The molecular formula is C31H27N5O5S. The van der Waals surface area contributed by atoms with Gasteiger partial charge in [0.25, 0.3) is 0 Å². The lowest BCUT2D eigenvalue weighted by molar-refractivity contribution is -0.126. The molecule has 0 bridgehead atoms. The third-order valence-electron chi connectivity index (χ3n) is 7.87. The number of thioether (sulfide) groups is 1. The summed E-state index contributed by atoms with van der Waals surface area (Å²) in [5, 5.41) is 7.21.